The van der Waals surface area contributed by atoms with E-state index in [4.69, 9.17) is 19.8 Å². The summed E-state index contributed by atoms with van der Waals surface area (Å²) in [6, 6.07) is 6.25. The number of primary amides is 1. The second-order valence-corrected chi connectivity index (χ2v) is 9.03. The zero-order valence-corrected chi connectivity index (χ0v) is 19.1. The van der Waals surface area contributed by atoms with Crippen LogP contribution in [-0.4, -0.2) is 48.4 Å². The molecular formula is C21H32BN3O6. The average Bonchev–Trinajstić information content (AvgIpc) is 2.87. The Hall–Kier alpha value is -2.59. The quantitative estimate of drug-likeness (QED) is 0.560. The monoisotopic (exact) mass is 433 g/mol. The van der Waals surface area contributed by atoms with Crippen molar-refractivity contribution in [1.82, 2.24) is 5.32 Å². The highest BCUT2D eigenvalue weighted by atomic mass is 16.7. The summed E-state index contributed by atoms with van der Waals surface area (Å²) in [7, 11) is -0.494. The number of anilines is 1. The minimum absolute atomic E-state index is 0.301. The predicted molar refractivity (Wildman–Crippen MR) is 118 cm³/mol. The van der Waals surface area contributed by atoms with E-state index in [1.807, 2.05) is 39.8 Å². The molecule has 0 spiro atoms. The lowest BCUT2D eigenvalue weighted by molar-refractivity contribution is -0.134. The minimum atomic E-state index is -1.08. The molecule has 0 aliphatic carbocycles. The van der Waals surface area contributed by atoms with E-state index in [2.05, 4.69) is 10.6 Å². The van der Waals surface area contributed by atoms with Gasteiger partial charge in [-0.25, -0.2) is 4.79 Å². The van der Waals surface area contributed by atoms with Gasteiger partial charge in [-0.05, 0) is 58.1 Å². The topological polar surface area (TPSA) is 129 Å². The smallest absolute Gasteiger partial charge is 0.436 e. The van der Waals surface area contributed by atoms with Crippen molar-refractivity contribution in [2.75, 3.05) is 5.32 Å². The molecule has 1 aromatic carbocycles. The van der Waals surface area contributed by atoms with E-state index in [0.29, 0.717) is 5.69 Å². The number of nitrogens with one attached hydrogen (secondary N) is 2. The fourth-order valence-electron chi connectivity index (χ4n) is 2.93. The maximum absolute atomic E-state index is 12.5. The van der Waals surface area contributed by atoms with Crippen LogP contribution in [-0.2, 0) is 23.6 Å². The van der Waals surface area contributed by atoms with Crippen molar-refractivity contribution in [2.45, 2.75) is 71.8 Å². The van der Waals surface area contributed by atoms with Gasteiger partial charge < -0.3 is 30.4 Å². The third-order valence-corrected chi connectivity index (χ3v) is 5.56. The van der Waals surface area contributed by atoms with Crippen LogP contribution < -0.4 is 21.8 Å². The number of amides is 3. The van der Waals surface area contributed by atoms with Crippen molar-refractivity contribution in [2.24, 2.45) is 11.7 Å². The number of hydrogen-bond acceptors (Lipinski definition) is 6. The van der Waals surface area contributed by atoms with Crippen molar-refractivity contribution in [3.8, 4) is 0 Å². The normalized spacial score (nSPS) is 18.9. The SMILES string of the molecule is CC(C)[C@H](OC(N)=O)C(=O)N[C@@H](C)C(=O)Nc1ccc(B2OC(C)(C)C(C)(C)O2)cc1. The van der Waals surface area contributed by atoms with Crippen LogP contribution in [0.25, 0.3) is 0 Å². The summed E-state index contributed by atoms with van der Waals surface area (Å²) >= 11 is 0. The molecule has 1 fully saturated rings. The second kappa shape index (κ2) is 9.27. The fourth-order valence-corrected chi connectivity index (χ4v) is 2.93. The molecule has 1 aromatic rings. The largest absolute Gasteiger partial charge is 0.494 e. The van der Waals surface area contributed by atoms with Crippen molar-refractivity contribution >= 4 is 36.2 Å². The van der Waals surface area contributed by atoms with Crippen molar-refractivity contribution in [3.05, 3.63) is 24.3 Å². The van der Waals surface area contributed by atoms with Crippen LogP contribution >= 0.6 is 0 Å². The summed E-state index contributed by atoms with van der Waals surface area (Å²) in [5.41, 5.74) is 5.52. The zero-order valence-electron chi connectivity index (χ0n) is 19.1. The lowest BCUT2D eigenvalue weighted by Crippen LogP contribution is -2.49. The number of benzene rings is 1. The first-order valence-electron chi connectivity index (χ1n) is 10.3. The van der Waals surface area contributed by atoms with E-state index in [0.717, 1.165) is 5.46 Å². The molecule has 1 aliphatic rings. The van der Waals surface area contributed by atoms with Crippen LogP contribution in [0, 0.1) is 5.92 Å². The standard InChI is InChI=1S/C21H32BN3O6/c1-12(2)16(29-19(23)28)18(27)24-13(3)17(26)25-15-10-8-14(9-11-15)22-30-20(4,5)21(6,7)31-22/h8-13,16H,1-7H3,(H2,23,28)(H,24,27)(H,25,26)/t13-,16-/m0/s1. The highest BCUT2D eigenvalue weighted by molar-refractivity contribution is 6.62. The molecule has 2 atom stereocenters. The van der Waals surface area contributed by atoms with E-state index in [-0.39, 0.29) is 5.92 Å². The summed E-state index contributed by atoms with van der Waals surface area (Å²) in [6.45, 7) is 12.9. The first-order chi connectivity index (χ1) is 14.2. The Bertz CT molecular complexity index is 809. The zero-order chi connectivity index (χ0) is 23.6. The van der Waals surface area contributed by atoms with Crippen LogP contribution in [0.4, 0.5) is 10.5 Å². The molecule has 9 nitrogen and oxygen atoms in total. The maximum atomic E-state index is 12.5. The lowest BCUT2D eigenvalue weighted by Gasteiger charge is -2.32. The Labute approximate surface area is 183 Å². The average molecular weight is 433 g/mol. The van der Waals surface area contributed by atoms with Gasteiger partial charge in [-0.15, -0.1) is 0 Å². The van der Waals surface area contributed by atoms with E-state index in [1.165, 1.54) is 6.92 Å². The number of carbonyl (C=O) groups excluding carboxylic acids is 3. The molecule has 0 bridgehead atoms. The van der Waals surface area contributed by atoms with Gasteiger partial charge in [-0.2, -0.15) is 0 Å². The molecule has 1 saturated heterocycles. The van der Waals surface area contributed by atoms with Gasteiger partial charge in [-0.1, -0.05) is 26.0 Å². The summed E-state index contributed by atoms with van der Waals surface area (Å²) in [5.74, 6) is -1.31. The molecule has 4 N–H and O–H groups in total. The highest BCUT2D eigenvalue weighted by Crippen LogP contribution is 2.36. The highest BCUT2D eigenvalue weighted by Gasteiger charge is 2.51. The summed E-state index contributed by atoms with van der Waals surface area (Å²) in [4.78, 5) is 35.8. The fraction of sp³-hybridized carbons (Fsp3) is 0.571. The van der Waals surface area contributed by atoms with Gasteiger partial charge in [0.15, 0.2) is 6.10 Å². The van der Waals surface area contributed by atoms with Crippen LogP contribution in [0.2, 0.25) is 0 Å². The van der Waals surface area contributed by atoms with E-state index in [1.54, 1.807) is 26.0 Å². The minimum Gasteiger partial charge on any atom is -0.436 e. The molecular weight excluding hydrogens is 401 g/mol. The summed E-state index contributed by atoms with van der Waals surface area (Å²) in [5, 5.41) is 5.28. The van der Waals surface area contributed by atoms with Gasteiger partial charge in [-0.3, -0.25) is 9.59 Å². The third-order valence-electron chi connectivity index (χ3n) is 5.56. The van der Waals surface area contributed by atoms with Gasteiger partial charge in [0, 0.05) is 5.69 Å². The van der Waals surface area contributed by atoms with Gasteiger partial charge in [0.1, 0.15) is 6.04 Å². The van der Waals surface area contributed by atoms with Crippen molar-refractivity contribution in [1.29, 1.82) is 0 Å². The number of ether oxygens (including phenoxy) is 1. The van der Waals surface area contributed by atoms with Gasteiger partial charge in [0.2, 0.25) is 5.91 Å². The van der Waals surface area contributed by atoms with Crippen LogP contribution in [0.1, 0.15) is 48.5 Å². The Balaban J connectivity index is 1.96. The molecule has 31 heavy (non-hydrogen) atoms. The number of hydrogen-bond donors (Lipinski definition) is 3. The molecule has 0 aromatic heterocycles. The molecule has 0 saturated carbocycles. The Kier molecular flexibility index (Phi) is 7.38. The summed E-state index contributed by atoms with van der Waals surface area (Å²) < 4.78 is 16.9. The number of rotatable bonds is 7. The Morgan fingerprint density at radius 2 is 1.48 bits per heavy atom. The van der Waals surface area contributed by atoms with Crippen molar-refractivity contribution in [3.63, 3.8) is 0 Å². The molecule has 2 rings (SSSR count). The number of carbonyl (C=O) groups is 3. The maximum Gasteiger partial charge on any atom is 0.494 e. The molecule has 0 radical (unpaired) electrons. The van der Waals surface area contributed by atoms with E-state index < -0.39 is 48.4 Å². The molecule has 1 aliphatic heterocycles. The molecule has 170 valence electrons. The lowest BCUT2D eigenvalue weighted by atomic mass is 9.79. The van der Waals surface area contributed by atoms with Crippen molar-refractivity contribution < 1.29 is 28.4 Å². The Morgan fingerprint density at radius 3 is 1.94 bits per heavy atom. The first kappa shape index (κ1) is 24.7. The third kappa shape index (κ3) is 5.98. The van der Waals surface area contributed by atoms with Gasteiger partial charge >= 0.3 is 13.2 Å². The molecule has 3 amide bonds. The molecule has 0 unspecified atom stereocenters. The van der Waals surface area contributed by atoms with E-state index in [9.17, 15) is 14.4 Å². The van der Waals surface area contributed by atoms with Crippen LogP contribution in [0.15, 0.2) is 24.3 Å². The summed E-state index contributed by atoms with van der Waals surface area (Å²) in [6.07, 6.45) is -2.13. The van der Waals surface area contributed by atoms with Gasteiger partial charge in [0.05, 0.1) is 11.2 Å². The van der Waals surface area contributed by atoms with Crippen LogP contribution in [0.5, 0.6) is 0 Å². The Morgan fingerprint density at radius 1 is 0.968 bits per heavy atom. The first-order valence-corrected chi connectivity index (χ1v) is 10.3. The van der Waals surface area contributed by atoms with Gasteiger partial charge in [0.25, 0.3) is 5.91 Å². The number of nitrogens with two attached hydrogens (primary N) is 1. The van der Waals surface area contributed by atoms with Crippen LogP contribution in [0.3, 0.4) is 0 Å². The van der Waals surface area contributed by atoms with E-state index >= 15 is 0 Å². The molecule has 1 heterocycles. The predicted octanol–water partition coefficient (Wildman–Crippen LogP) is 1.55. The second-order valence-electron chi connectivity index (χ2n) is 9.03. The molecule has 10 heteroatoms.